The minimum atomic E-state index is -0.0805. The molecule has 0 aromatic heterocycles. The average Bonchev–Trinajstić information content (AvgIpc) is 2.95. The van der Waals surface area contributed by atoms with Gasteiger partial charge in [-0.05, 0) is 13.3 Å². The van der Waals surface area contributed by atoms with Crippen molar-refractivity contribution in [1.29, 1.82) is 5.41 Å². The number of nitrogens with zero attached hydrogens (tertiary/aromatic N) is 3. The molecule has 2 heterocycles. The van der Waals surface area contributed by atoms with E-state index in [0.717, 1.165) is 18.7 Å². The maximum atomic E-state index is 11.8. The van der Waals surface area contributed by atoms with E-state index in [2.05, 4.69) is 5.10 Å². The molecule has 0 aromatic rings. The Labute approximate surface area is 112 Å². The van der Waals surface area contributed by atoms with Crippen LogP contribution in [0.15, 0.2) is 5.10 Å². The zero-order valence-electron chi connectivity index (χ0n) is 11.3. The van der Waals surface area contributed by atoms with Gasteiger partial charge in [-0.25, -0.2) is 5.01 Å². The van der Waals surface area contributed by atoms with Crippen LogP contribution in [0.1, 0.15) is 26.2 Å². The number of rotatable bonds is 5. The molecule has 1 amide bonds. The van der Waals surface area contributed by atoms with Gasteiger partial charge in [0, 0.05) is 26.0 Å². The number of amides is 1. The van der Waals surface area contributed by atoms with Crippen LogP contribution in [-0.4, -0.2) is 59.8 Å². The molecule has 7 heteroatoms. The van der Waals surface area contributed by atoms with Gasteiger partial charge in [0.2, 0.25) is 11.9 Å². The second kappa shape index (κ2) is 6.01. The first-order valence-corrected chi connectivity index (χ1v) is 6.69. The summed E-state index contributed by atoms with van der Waals surface area (Å²) in [6.07, 6.45) is 2.18. The summed E-state index contributed by atoms with van der Waals surface area (Å²) in [5.74, 6) is 0.0857. The van der Waals surface area contributed by atoms with Crippen LogP contribution in [-0.2, 0) is 9.53 Å². The van der Waals surface area contributed by atoms with E-state index in [1.165, 1.54) is 5.01 Å². The SMILES string of the molecule is CCOCCC1=NN(C(=N)N)CC1N1CCCC1=O. The van der Waals surface area contributed by atoms with Crippen molar-refractivity contribution in [2.24, 2.45) is 10.8 Å². The average molecular weight is 267 g/mol. The highest BCUT2D eigenvalue weighted by atomic mass is 16.5. The molecule has 2 rings (SSSR count). The number of carbonyl (C=O) groups excluding carboxylic acids is 1. The lowest BCUT2D eigenvalue weighted by atomic mass is 10.1. The molecular weight excluding hydrogens is 246 g/mol. The van der Waals surface area contributed by atoms with E-state index in [9.17, 15) is 4.79 Å². The van der Waals surface area contributed by atoms with Crippen molar-refractivity contribution in [3.63, 3.8) is 0 Å². The molecule has 0 radical (unpaired) electrons. The summed E-state index contributed by atoms with van der Waals surface area (Å²) in [7, 11) is 0. The van der Waals surface area contributed by atoms with Gasteiger partial charge in [-0.15, -0.1) is 0 Å². The molecule has 3 N–H and O–H groups in total. The van der Waals surface area contributed by atoms with E-state index in [4.69, 9.17) is 15.9 Å². The van der Waals surface area contributed by atoms with Crippen LogP contribution in [0.25, 0.3) is 0 Å². The van der Waals surface area contributed by atoms with Gasteiger partial charge in [-0.2, -0.15) is 5.10 Å². The lowest BCUT2D eigenvalue weighted by Crippen LogP contribution is -2.45. The lowest BCUT2D eigenvalue weighted by Gasteiger charge is -2.25. The summed E-state index contributed by atoms with van der Waals surface area (Å²) in [4.78, 5) is 13.7. The van der Waals surface area contributed by atoms with Crippen molar-refractivity contribution in [2.45, 2.75) is 32.2 Å². The third-order valence-electron chi connectivity index (χ3n) is 3.45. The summed E-state index contributed by atoms with van der Waals surface area (Å²) in [5, 5.41) is 13.3. The molecule has 19 heavy (non-hydrogen) atoms. The Kier molecular flexibility index (Phi) is 4.36. The van der Waals surface area contributed by atoms with Crippen molar-refractivity contribution < 1.29 is 9.53 Å². The van der Waals surface area contributed by atoms with Crippen molar-refractivity contribution in [3.05, 3.63) is 0 Å². The van der Waals surface area contributed by atoms with Crippen molar-refractivity contribution in [2.75, 3.05) is 26.3 Å². The van der Waals surface area contributed by atoms with Crippen LogP contribution in [0.3, 0.4) is 0 Å². The monoisotopic (exact) mass is 267 g/mol. The molecule has 2 aliphatic rings. The molecule has 0 saturated carbocycles. The van der Waals surface area contributed by atoms with Crippen LogP contribution in [0, 0.1) is 5.41 Å². The highest BCUT2D eigenvalue weighted by Gasteiger charge is 2.36. The van der Waals surface area contributed by atoms with Gasteiger partial charge in [0.05, 0.1) is 24.9 Å². The normalized spacial score (nSPS) is 23.1. The van der Waals surface area contributed by atoms with Gasteiger partial charge in [0.25, 0.3) is 0 Å². The summed E-state index contributed by atoms with van der Waals surface area (Å²) in [5.41, 5.74) is 6.37. The van der Waals surface area contributed by atoms with Gasteiger partial charge >= 0.3 is 0 Å². The van der Waals surface area contributed by atoms with E-state index in [-0.39, 0.29) is 17.9 Å². The number of hydrogen-bond acceptors (Lipinski definition) is 4. The highest BCUT2D eigenvalue weighted by Crippen LogP contribution is 2.21. The van der Waals surface area contributed by atoms with Gasteiger partial charge in [-0.1, -0.05) is 0 Å². The summed E-state index contributed by atoms with van der Waals surface area (Å²) < 4.78 is 5.34. The Bertz CT molecular complexity index is 396. The molecule has 2 aliphatic heterocycles. The number of guanidine groups is 1. The van der Waals surface area contributed by atoms with Crippen molar-refractivity contribution in [1.82, 2.24) is 9.91 Å². The fourth-order valence-electron chi connectivity index (χ4n) is 2.50. The predicted octanol–water partition coefficient (Wildman–Crippen LogP) is -0.0309. The van der Waals surface area contributed by atoms with E-state index >= 15 is 0 Å². The lowest BCUT2D eigenvalue weighted by molar-refractivity contribution is -0.128. The van der Waals surface area contributed by atoms with Crippen LogP contribution >= 0.6 is 0 Å². The molecule has 7 nitrogen and oxygen atoms in total. The standard InChI is InChI=1S/C12H21N5O2/c1-2-19-7-5-9-10(8-17(15-9)12(13)14)16-6-3-4-11(16)18/h10H,2-8H2,1H3,(H3,13,14). The minimum absolute atomic E-state index is 0.0562. The van der Waals surface area contributed by atoms with E-state index in [1.54, 1.807) is 0 Å². The number of likely N-dealkylation sites (tertiary alicyclic amines) is 1. The smallest absolute Gasteiger partial charge is 0.223 e. The number of nitrogens with one attached hydrogen (secondary N) is 1. The highest BCUT2D eigenvalue weighted by molar-refractivity contribution is 5.96. The Morgan fingerprint density at radius 2 is 2.42 bits per heavy atom. The molecule has 0 aromatic carbocycles. The zero-order valence-corrected chi connectivity index (χ0v) is 11.3. The molecular formula is C12H21N5O2. The van der Waals surface area contributed by atoms with Gasteiger partial charge in [-0.3, -0.25) is 10.2 Å². The first kappa shape index (κ1) is 13.8. The molecule has 1 saturated heterocycles. The topological polar surface area (TPSA) is 95.0 Å². The number of nitrogens with two attached hydrogens (primary N) is 1. The maximum Gasteiger partial charge on any atom is 0.223 e. The first-order valence-electron chi connectivity index (χ1n) is 6.69. The molecule has 106 valence electrons. The minimum Gasteiger partial charge on any atom is -0.381 e. The predicted molar refractivity (Wildman–Crippen MR) is 71.9 cm³/mol. The fourth-order valence-corrected chi connectivity index (χ4v) is 2.50. The number of hydrazone groups is 1. The molecule has 0 aliphatic carbocycles. The maximum absolute atomic E-state index is 11.8. The van der Waals surface area contributed by atoms with E-state index < -0.39 is 0 Å². The quantitative estimate of drug-likeness (QED) is 0.415. The summed E-state index contributed by atoms with van der Waals surface area (Å²) in [6.45, 7) is 4.45. The Morgan fingerprint density at radius 1 is 1.63 bits per heavy atom. The van der Waals surface area contributed by atoms with Crippen LogP contribution in [0.4, 0.5) is 0 Å². The Balaban J connectivity index is 2.05. The van der Waals surface area contributed by atoms with Crippen molar-refractivity contribution in [3.8, 4) is 0 Å². The van der Waals surface area contributed by atoms with E-state index in [0.29, 0.717) is 32.6 Å². The Morgan fingerprint density at radius 3 is 3.00 bits per heavy atom. The molecule has 0 spiro atoms. The first-order chi connectivity index (χ1) is 9.13. The van der Waals surface area contributed by atoms with Gasteiger partial charge < -0.3 is 15.4 Å². The second-order valence-electron chi connectivity index (χ2n) is 4.71. The Hall–Kier alpha value is -1.63. The molecule has 0 bridgehead atoms. The number of carbonyl (C=O) groups is 1. The largest absolute Gasteiger partial charge is 0.381 e. The number of hydrogen-bond donors (Lipinski definition) is 2. The van der Waals surface area contributed by atoms with Crippen LogP contribution in [0.2, 0.25) is 0 Å². The summed E-state index contributed by atoms with van der Waals surface area (Å²) in [6, 6.07) is -0.0562. The fraction of sp³-hybridized carbons (Fsp3) is 0.750. The van der Waals surface area contributed by atoms with Gasteiger partial charge in [0.1, 0.15) is 0 Å². The van der Waals surface area contributed by atoms with Crippen molar-refractivity contribution >= 4 is 17.6 Å². The van der Waals surface area contributed by atoms with Gasteiger partial charge in [0.15, 0.2) is 0 Å². The molecule has 1 atom stereocenters. The zero-order chi connectivity index (χ0) is 13.8. The van der Waals surface area contributed by atoms with E-state index in [1.807, 2.05) is 11.8 Å². The second-order valence-corrected chi connectivity index (χ2v) is 4.71. The molecule has 1 fully saturated rings. The third kappa shape index (κ3) is 3.04. The third-order valence-corrected chi connectivity index (χ3v) is 3.45. The number of ether oxygens (including phenoxy) is 1. The molecule has 1 unspecified atom stereocenters. The van der Waals surface area contributed by atoms with Crippen LogP contribution in [0.5, 0.6) is 0 Å². The summed E-state index contributed by atoms with van der Waals surface area (Å²) >= 11 is 0. The van der Waals surface area contributed by atoms with Crippen LogP contribution < -0.4 is 5.73 Å².